The van der Waals surface area contributed by atoms with Crippen LogP contribution >= 0.6 is 0 Å². The molecule has 0 saturated carbocycles. The van der Waals surface area contributed by atoms with Crippen LogP contribution in [0.25, 0.3) is 0 Å². The van der Waals surface area contributed by atoms with Crippen molar-refractivity contribution in [3.63, 3.8) is 0 Å². The van der Waals surface area contributed by atoms with E-state index in [1.165, 1.54) is 0 Å². The van der Waals surface area contributed by atoms with E-state index in [2.05, 4.69) is 0 Å². The molecule has 0 aliphatic rings. The Hall–Kier alpha value is -0.795. The van der Waals surface area contributed by atoms with Gasteiger partial charge in [0, 0.05) is 6.61 Å². The second-order valence-electron chi connectivity index (χ2n) is 3.01. The summed E-state index contributed by atoms with van der Waals surface area (Å²) in [5, 5.41) is 17.5. The zero-order valence-electron chi connectivity index (χ0n) is 7.61. The van der Waals surface area contributed by atoms with Crippen molar-refractivity contribution in [2.45, 2.75) is 19.3 Å². The SMILES string of the molecule is O[B]c1ccccc1CCCCO. The molecule has 1 radical (unpaired) electrons. The van der Waals surface area contributed by atoms with Crippen molar-refractivity contribution in [3.05, 3.63) is 29.8 Å². The molecule has 0 atom stereocenters. The molecule has 1 rings (SSSR count). The number of rotatable bonds is 5. The highest BCUT2D eigenvalue weighted by Gasteiger charge is 2.00. The van der Waals surface area contributed by atoms with Crippen LogP contribution in [0.3, 0.4) is 0 Å². The van der Waals surface area contributed by atoms with Crippen LogP contribution in [0.4, 0.5) is 0 Å². The summed E-state index contributed by atoms with van der Waals surface area (Å²) < 4.78 is 0. The minimum Gasteiger partial charge on any atom is -0.450 e. The molecule has 0 amide bonds. The minimum absolute atomic E-state index is 0.241. The molecule has 0 aliphatic carbocycles. The molecule has 0 heterocycles. The molecule has 69 valence electrons. The zero-order chi connectivity index (χ0) is 9.52. The van der Waals surface area contributed by atoms with Gasteiger partial charge in [-0.25, -0.2) is 0 Å². The number of benzene rings is 1. The molecule has 0 aliphatic heterocycles. The van der Waals surface area contributed by atoms with Gasteiger partial charge in [0.05, 0.1) is 0 Å². The van der Waals surface area contributed by atoms with E-state index in [0.29, 0.717) is 0 Å². The lowest BCUT2D eigenvalue weighted by molar-refractivity contribution is 0.284. The van der Waals surface area contributed by atoms with E-state index >= 15 is 0 Å². The summed E-state index contributed by atoms with van der Waals surface area (Å²) in [6.07, 6.45) is 2.69. The molecule has 0 saturated heterocycles. The number of aliphatic hydroxyl groups excluding tert-OH is 1. The van der Waals surface area contributed by atoms with E-state index in [9.17, 15) is 0 Å². The fourth-order valence-electron chi connectivity index (χ4n) is 1.32. The first-order chi connectivity index (χ1) is 6.38. The van der Waals surface area contributed by atoms with E-state index in [1.54, 1.807) is 0 Å². The van der Waals surface area contributed by atoms with Crippen molar-refractivity contribution in [2.75, 3.05) is 6.61 Å². The standard InChI is InChI=1S/C10H14BO2/c12-8-4-3-6-9-5-1-2-7-10(9)11-13/h1-2,5,7,12-13H,3-4,6,8H2. The number of aryl methyl sites for hydroxylation is 1. The zero-order valence-corrected chi connectivity index (χ0v) is 7.61. The lowest BCUT2D eigenvalue weighted by Gasteiger charge is -2.04. The van der Waals surface area contributed by atoms with Crippen molar-refractivity contribution in [2.24, 2.45) is 0 Å². The highest BCUT2D eigenvalue weighted by Crippen LogP contribution is 2.01. The van der Waals surface area contributed by atoms with Gasteiger partial charge in [0.15, 0.2) is 0 Å². The smallest absolute Gasteiger partial charge is 0.327 e. The van der Waals surface area contributed by atoms with Crippen molar-refractivity contribution in [1.82, 2.24) is 0 Å². The topological polar surface area (TPSA) is 40.5 Å². The van der Waals surface area contributed by atoms with E-state index in [4.69, 9.17) is 10.1 Å². The third-order valence-electron chi connectivity index (χ3n) is 2.05. The van der Waals surface area contributed by atoms with Crippen molar-refractivity contribution >= 4 is 12.9 Å². The van der Waals surface area contributed by atoms with Crippen LogP contribution in [-0.2, 0) is 6.42 Å². The third-order valence-corrected chi connectivity index (χ3v) is 2.05. The van der Waals surface area contributed by atoms with Gasteiger partial charge in [0.2, 0.25) is 0 Å². The lowest BCUT2D eigenvalue weighted by Crippen LogP contribution is -2.18. The molecule has 1 aromatic rings. The predicted molar refractivity (Wildman–Crippen MR) is 54.1 cm³/mol. The van der Waals surface area contributed by atoms with E-state index in [1.807, 2.05) is 24.3 Å². The lowest BCUT2D eigenvalue weighted by atomic mass is 9.83. The Bertz CT molecular complexity index is 250. The second-order valence-corrected chi connectivity index (χ2v) is 3.01. The Morgan fingerprint density at radius 2 is 1.92 bits per heavy atom. The maximum absolute atomic E-state index is 8.90. The van der Waals surface area contributed by atoms with Crippen LogP contribution in [0.15, 0.2) is 24.3 Å². The normalized spacial score (nSPS) is 10.0. The van der Waals surface area contributed by atoms with Gasteiger partial charge in [-0.05, 0) is 19.3 Å². The Morgan fingerprint density at radius 1 is 1.15 bits per heavy atom. The first-order valence-electron chi connectivity index (χ1n) is 4.54. The van der Waals surface area contributed by atoms with Gasteiger partial charge in [-0.2, -0.15) is 0 Å². The van der Waals surface area contributed by atoms with Gasteiger partial charge in [-0.15, -0.1) is 0 Å². The molecule has 13 heavy (non-hydrogen) atoms. The monoisotopic (exact) mass is 177 g/mol. The maximum Gasteiger partial charge on any atom is 0.327 e. The molecule has 2 nitrogen and oxygen atoms in total. The number of aliphatic hydroxyl groups is 1. The number of unbranched alkanes of at least 4 members (excludes halogenated alkanes) is 1. The molecule has 0 spiro atoms. The molecule has 1 aromatic carbocycles. The van der Waals surface area contributed by atoms with E-state index in [-0.39, 0.29) is 6.61 Å². The van der Waals surface area contributed by atoms with Crippen LogP contribution in [0.5, 0.6) is 0 Å². The molecule has 0 aromatic heterocycles. The van der Waals surface area contributed by atoms with Crippen LogP contribution in [0.1, 0.15) is 18.4 Å². The van der Waals surface area contributed by atoms with Crippen molar-refractivity contribution < 1.29 is 10.1 Å². The van der Waals surface area contributed by atoms with Crippen molar-refractivity contribution in [1.29, 1.82) is 0 Å². The number of hydrogen-bond donors (Lipinski definition) is 2. The van der Waals surface area contributed by atoms with Crippen LogP contribution in [-0.4, -0.2) is 24.2 Å². The van der Waals surface area contributed by atoms with Gasteiger partial charge < -0.3 is 10.1 Å². The summed E-state index contributed by atoms with van der Waals surface area (Å²) in [4.78, 5) is 0. The first kappa shape index (κ1) is 10.3. The minimum atomic E-state index is 0.241. The average Bonchev–Trinajstić information content (AvgIpc) is 2.19. The Labute approximate surface area is 79.5 Å². The van der Waals surface area contributed by atoms with Gasteiger partial charge in [0.1, 0.15) is 0 Å². The molecule has 0 fully saturated rings. The molecular weight excluding hydrogens is 163 g/mol. The summed E-state index contributed by atoms with van der Waals surface area (Å²) in [6.45, 7) is 0.241. The summed E-state index contributed by atoms with van der Waals surface area (Å²) in [6, 6.07) is 7.74. The fraction of sp³-hybridized carbons (Fsp3) is 0.400. The fourth-order valence-corrected chi connectivity index (χ4v) is 1.32. The molecule has 0 bridgehead atoms. The summed E-state index contributed by atoms with van der Waals surface area (Å²) in [5.41, 5.74) is 2.01. The first-order valence-corrected chi connectivity index (χ1v) is 4.54. The predicted octanol–water partition coefficient (Wildman–Crippen LogP) is 0.238. The Balaban J connectivity index is 2.54. The molecule has 0 unspecified atom stereocenters. The highest BCUT2D eigenvalue weighted by molar-refractivity contribution is 6.46. The summed E-state index contributed by atoms with van der Waals surface area (Å²) in [7, 11) is 1.13. The van der Waals surface area contributed by atoms with E-state index < -0.39 is 0 Å². The number of hydrogen-bond acceptors (Lipinski definition) is 2. The third kappa shape index (κ3) is 3.21. The van der Waals surface area contributed by atoms with Crippen LogP contribution in [0, 0.1) is 0 Å². The summed E-state index contributed by atoms with van der Waals surface area (Å²) in [5.74, 6) is 0. The maximum atomic E-state index is 8.90. The average molecular weight is 177 g/mol. The van der Waals surface area contributed by atoms with Gasteiger partial charge >= 0.3 is 7.48 Å². The van der Waals surface area contributed by atoms with E-state index in [0.717, 1.165) is 37.8 Å². The van der Waals surface area contributed by atoms with Gasteiger partial charge in [0.25, 0.3) is 0 Å². The van der Waals surface area contributed by atoms with Gasteiger partial charge in [-0.1, -0.05) is 35.3 Å². The molecule has 3 heteroatoms. The summed E-state index contributed by atoms with van der Waals surface area (Å²) >= 11 is 0. The van der Waals surface area contributed by atoms with Crippen molar-refractivity contribution in [3.8, 4) is 0 Å². The second kappa shape index (κ2) is 5.78. The largest absolute Gasteiger partial charge is 0.450 e. The molecule has 2 N–H and O–H groups in total. The highest BCUT2D eigenvalue weighted by atomic mass is 16.2. The van der Waals surface area contributed by atoms with Crippen LogP contribution < -0.4 is 5.46 Å². The molecular formula is C10H14BO2. The quantitative estimate of drug-likeness (QED) is 0.499. The Morgan fingerprint density at radius 3 is 2.62 bits per heavy atom. The van der Waals surface area contributed by atoms with Gasteiger partial charge in [-0.3, -0.25) is 0 Å². The Kier molecular flexibility index (Phi) is 4.58. The van der Waals surface area contributed by atoms with Crippen LogP contribution in [0.2, 0.25) is 0 Å².